The molecule has 5 nitrogen and oxygen atoms in total. The molecule has 0 aliphatic heterocycles. The van der Waals surface area contributed by atoms with Crippen LogP contribution in [0.15, 0.2) is 24.3 Å². The zero-order chi connectivity index (χ0) is 13.7. The smallest absolute Gasteiger partial charge is 0.341 e. The lowest BCUT2D eigenvalue weighted by Crippen LogP contribution is -2.32. The molecule has 0 radical (unpaired) electrons. The lowest BCUT2D eigenvalue weighted by Gasteiger charge is -2.21. The number of nitrogens with zero attached hydrogens (tertiary/aromatic N) is 1. The first-order valence-corrected chi connectivity index (χ1v) is 5.63. The van der Waals surface area contributed by atoms with Crippen LogP contribution in [0.5, 0.6) is 5.75 Å². The molecule has 0 bridgehead atoms. The fourth-order valence-electron chi connectivity index (χ4n) is 1.30. The number of ether oxygens (including phenoxy) is 1. The van der Waals surface area contributed by atoms with E-state index in [1.807, 2.05) is 13.8 Å². The molecule has 1 aromatic rings. The van der Waals surface area contributed by atoms with Gasteiger partial charge in [-0.3, -0.25) is 4.79 Å². The van der Waals surface area contributed by atoms with Crippen LogP contribution in [-0.4, -0.2) is 41.6 Å². The Balaban J connectivity index is 2.81. The largest absolute Gasteiger partial charge is 0.482 e. The predicted molar refractivity (Wildman–Crippen MR) is 66.8 cm³/mol. The lowest BCUT2D eigenvalue weighted by molar-refractivity contribution is -0.139. The molecule has 0 saturated heterocycles. The minimum absolute atomic E-state index is 0.0982. The van der Waals surface area contributed by atoms with E-state index in [2.05, 4.69) is 0 Å². The van der Waals surface area contributed by atoms with Crippen molar-refractivity contribution in [1.82, 2.24) is 4.90 Å². The normalized spacial score (nSPS) is 10.2. The average Bonchev–Trinajstić information content (AvgIpc) is 2.34. The van der Waals surface area contributed by atoms with E-state index in [0.717, 1.165) is 0 Å². The number of hydrogen-bond donors (Lipinski definition) is 1. The zero-order valence-corrected chi connectivity index (χ0v) is 10.7. The quantitative estimate of drug-likeness (QED) is 0.863. The number of carbonyl (C=O) groups is 2. The highest BCUT2D eigenvalue weighted by atomic mass is 16.5. The van der Waals surface area contributed by atoms with Crippen LogP contribution in [0, 0.1) is 0 Å². The minimum Gasteiger partial charge on any atom is -0.482 e. The second-order valence-corrected chi connectivity index (χ2v) is 4.22. The molecule has 1 N–H and O–H groups in total. The Morgan fingerprint density at radius 1 is 1.39 bits per heavy atom. The van der Waals surface area contributed by atoms with Crippen LogP contribution in [0.25, 0.3) is 0 Å². The highest BCUT2D eigenvalue weighted by Gasteiger charge is 2.14. The van der Waals surface area contributed by atoms with E-state index < -0.39 is 12.6 Å². The maximum absolute atomic E-state index is 12.0. The Morgan fingerprint density at radius 3 is 2.61 bits per heavy atom. The Bertz CT molecular complexity index is 442. The monoisotopic (exact) mass is 251 g/mol. The van der Waals surface area contributed by atoms with Crippen molar-refractivity contribution >= 4 is 11.9 Å². The number of aliphatic carboxylic acids is 1. The summed E-state index contributed by atoms with van der Waals surface area (Å²) in [6, 6.07) is 6.60. The second kappa shape index (κ2) is 6.05. The molecule has 0 aromatic heterocycles. The van der Waals surface area contributed by atoms with Gasteiger partial charge in [-0.15, -0.1) is 0 Å². The molecule has 0 saturated carbocycles. The van der Waals surface area contributed by atoms with Crippen LogP contribution >= 0.6 is 0 Å². The lowest BCUT2D eigenvalue weighted by atomic mass is 10.1. The van der Waals surface area contributed by atoms with Gasteiger partial charge in [0.2, 0.25) is 0 Å². The van der Waals surface area contributed by atoms with Crippen LogP contribution in [0.3, 0.4) is 0 Å². The Labute approximate surface area is 106 Å². The van der Waals surface area contributed by atoms with Crippen LogP contribution in [0.4, 0.5) is 0 Å². The third kappa shape index (κ3) is 3.76. The molecule has 0 fully saturated rings. The van der Waals surface area contributed by atoms with Gasteiger partial charge >= 0.3 is 5.97 Å². The first-order chi connectivity index (χ1) is 8.41. The summed E-state index contributed by atoms with van der Waals surface area (Å²) in [4.78, 5) is 24.0. The second-order valence-electron chi connectivity index (χ2n) is 4.22. The summed E-state index contributed by atoms with van der Waals surface area (Å²) in [5.74, 6) is -0.794. The number of benzene rings is 1. The number of carbonyl (C=O) groups excluding carboxylic acids is 1. The van der Waals surface area contributed by atoms with E-state index in [0.29, 0.717) is 11.3 Å². The molecule has 0 aliphatic rings. The molecular weight excluding hydrogens is 234 g/mol. The van der Waals surface area contributed by atoms with E-state index in [4.69, 9.17) is 9.84 Å². The summed E-state index contributed by atoms with van der Waals surface area (Å²) in [6.07, 6.45) is 0. The van der Waals surface area contributed by atoms with Gasteiger partial charge in [0.05, 0.1) is 0 Å². The summed E-state index contributed by atoms with van der Waals surface area (Å²) in [5, 5.41) is 8.51. The van der Waals surface area contributed by atoms with Gasteiger partial charge in [-0.2, -0.15) is 0 Å². The molecule has 1 aromatic carbocycles. The number of rotatable bonds is 5. The SMILES string of the molecule is CC(C)N(C)C(=O)c1cccc(OCC(=O)O)c1. The van der Waals surface area contributed by atoms with Crippen molar-refractivity contribution in [1.29, 1.82) is 0 Å². The maximum Gasteiger partial charge on any atom is 0.341 e. The molecule has 18 heavy (non-hydrogen) atoms. The fourth-order valence-corrected chi connectivity index (χ4v) is 1.30. The first kappa shape index (κ1) is 14.0. The van der Waals surface area contributed by atoms with Crippen LogP contribution < -0.4 is 4.74 Å². The van der Waals surface area contributed by atoms with Crippen molar-refractivity contribution < 1.29 is 19.4 Å². The molecule has 0 heterocycles. The molecular formula is C13H17NO4. The Kier molecular flexibility index (Phi) is 4.71. The number of carboxylic acids is 1. The Morgan fingerprint density at radius 2 is 2.06 bits per heavy atom. The number of hydrogen-bond acceptors (Lipinski definition) is 3. The third-order valence-corrected chi connectivity index (χ3v) is 2.54. The number of amides is 1. The van der Waals surface area contributed by atoms with Crippen molar-refractivity contribution in [2.45, 2.75) is 19.9 Å². The zero-order valence-electron chi connectivity index (χ0n) is 10.7. The molecule has 1 rings (SSSR count). The van der Waals surface area contributed by atoms with Gasteiger partial charge in [-0.1, -0.05) is 6.07 Å². The first-order valence-electron chi connectivity index (χ1n) is 5.63. The van der Waals surface area contributed by atoms with Gasteiger partial charge in [0, 0.05) is 18.7 Å². The number of carboxylic acid groups (broad SMARTS) is 1. The molecule has 0 atom stereocenters. The van der Waals surface area contributed by atoms with Crippen molar-refractivity contribution in [3.8, 4) is 5.75 Å². The van der Waals surface area contributed by atoms with E-state index in [9.17, 15) is 9.59 Å². The van der Waals surface area contributed by atoms with Gasteiger partial charge in [0.15, 0.2) is 6.61 Å². The summed E-state index contributed by atoms with van der Waals surface area (Å²) in [7, 11) is 1.72. The summed E-state index contributed by atoms with van der Waals surface area (Å²) < 4.78 is 5.03. The maximum atomic E-state index is 12.0. The molecule has 98 valence electrons. The van der Waals surface area contributed by atoms with Crippen LogP contribution in [0.2, 0.25) is 0 Å². The molecule has 0 aliphatic carbocycles. The summed E-state index contributed by atoms with van der Waals surface area (Å²) in [5.41, 5.74) is 0.481. The van der Waals surface area contributed by atoms with Gasteiger partial charge < -0.3 is 14.7 Å². The minimum atomic E-state index is -1.05. The van der Waals surface area contributed by atoms with Crippen LogP contribution in [0.1, 0.15) is 24.2 Å². The van der Waals surface area contributed by atoms with E-state index in [-0.39, 0.29) is 11.9 Å². The average molecular weight is 251 g/mol. The summed E-state index contributed by atoms with van der Waals surface area (Å²) >= 11 is 0. The molecule has 0 spiro atoms. The Hall–Kier alpha value is -2.04. The van der Waals surface area contributed by atoms with Gasteiger partial charge in [-0.05, 0) is 32.0 Å². The van der Waals surface area contributed by atoms with Crippen molar-refractivity contribution in [2.24, 2.45) is 0 Å². The van der Waals surface area contributed by atoms with Crippen LogP contribution in [-0.2, 0) is 4.79 Å². The molecule has 0 unspecified atom stereocenters. The topological polar surface area (TPSA) is 66.8 Å². The standard InChI is InChI=1S/C13H17NO4/c1-9(2)14(3)13(17)10-5-4-6-11(7-10)18-8-12(15)16/h4-7,9H,8H2,1-3H3,(H,15,16). The molecule has 5 heteroatoms. The van der Waals surface area contributed by atoms with Crippen molar-refractivity contribution in [2.75, 3.05) is 13.7 Å². The van der Waals surface area contributed by atoms with E-state index >= 15 is 0 Å². The highest BCUT2D eigenvalue weighted by molar-refractivity contribution is 5.94. The fraction of sp³-hybridized carbons (Fsp3) is 0.385. The van der Waals surface area contributed by atoms with Gasteiger partial charge in [-0.25, -0.2) is 4.79 Å². The van der Waals surface area contributed by atoms with Gasteiger partial charge in [0.25, 0.3) is 5.91 Å². The van der Waals surface area contributed by atoms with Gasteiger partial charge in [0.1, 0.15) is 5.75 Å². The predicted octanol–water partition coefficient (Wildman–Crippen LogP) is 1.63. The van der Waals surface area contributed by atoms with Crippen molar-refractivity contribution in [3.05, 3.63) is 29.8 Å². The third-order valence-electron chi connectivity index (χ3n) is 2.54. The van der Waals surface area contributed by atoms with Crippen molar-refractivity contribution in [3.63, 3.8) is 0 Å². The van der Waals surface area contributed by atoms with E-state index in [1.54, 1.807) is 36.2 Å². The van der Waals surface area contributed by atoms with E-state index in [1.165, 1.54) is 0 Å². The summed E-state index contributed by atoms with van der Waals surface area (Å²) in [6.45, 7) is 3.42. The molecule has 1 amide bonds. The highest BCUT2D eigenvalue weighted by Crippen LogP contribution is 2.15.